The van der Waals surface area contributed by atoms with Gasteiger partial charge < -0.3 is 22.8 Å². The molecule has 0 saturated carbocycles. The minimum Gasteiger partial charge on any atom is -1.00 e. The van der Waals surface area contributed by atoms with Crippen LogP contribution >= 0.6 is 0 Å². The van der Waals surface area contributed by atoms with Crippen molar-refractivity contribution in [1.82, 2.24) is 5.32 Å². The Morgan fingerprint density at radius 2 is 1.92 bits per heavy atom. The zero-order chi connectivity index (χ0) is 8.27. The third-order valence-corrected chi connectivity index (χ3v) is 1.84. The summed E-state index contributed by atoms with van der Waals surface area (Å²) in [6, 6.07) is 7.56. The van der Waals surface area contributed by atoms with Crippen molar-refractivity contribution in [2.24, 2.45) is 0 Å². The maximum Gasteiger partial charge on any atom is 0.120 e. The van der Waals surface area contributed by atoms with Crippen LogP contribution in [-0.2, 0) is 0 Å². The van der Waals surface area contributed by atoms with Crippen LogP contribution in [0.2, 0.25) is 0 Å². The van der Waals surface area contributed by atoms with Gasteiger partial charge >= 0.3 is 0 Å². The van der Waals surface area contributed by atoms with E-state index in [9.17, 15) is 5.11 Å². The van der Waals surface area contributed by atoms with Crippen LogP contribution < -0.4 is 17.7 Å². The first-order valence-corrected chi connectivity index (χ1v) is 3.71. The molecule has 2 nitrogen and oxygen atoms in total. The molecule has 0 spiro atoms. The largest absolute Gasteiger partial charge is 1.00 e. The number of hydrogen-bond donors (Lipinski definition) is 2. The second kappa shape index (κ2) is 5.01. The van der Waals surface area contributed by atoms with Crippen LogP contribution in [-0.4, -0.2) is 12.2 Å². The van der Waals surface area contributed by atoms with Crippen molar-refractivity contribution in [1.29, 1.82) is 0 Å². The van der Waals surface area contributed by atoms with E-state index in [1.54, 1.807) is 6.07 Å². The lowest BCUT2D eigenvalue weighted by molar-refractivity contribution is -0.00000344. The van der Waals surface area contributed by atoms with Gasteiger partial charge in [-0.15, -0.1) is 0 Å². The molecule has 0 fully saturated rings. The third-order valence-electron chi connectivity index (χ3n) is 1.84. The molecule has 1 rings (SSSR count). The van der Waals surface area contributed by atoms with E-state index >= 15 is 0 Å². The van der Waals surface area contributed by atoms with Crippen LogP contribution in [0.3, 0.4) is 0 Å². The van der Waals surface area contributed by atoms with E-state index in [2.05, 4.69) is 5.32 Å². The molecule has 1 unspecified atom stereocenters. The molecule has 1 aromatic carbocycles. The minimum absolute atomic E-state index is 0. The van der Waals surface area contributed by atoms with Crippen LogP contribution in [0.15, 0.2) is 24.3 Å². The van der Waals surface area contributed by atoms with Gasteiger partial charge in [0.05, 0.1) is 0 Å². The quantitative estimate of drug-likeness (QED) is 0.601. The summed E-state index contributed by atoms with van der Waals surface area (Å²) in [5.74, 6) is 0.356. The molecule has 0 bridgehead atoms. The zero-order valence-corrected chi connectivity index (χ0v) is 7.97. The summed E-state index contributed by atoms with van der Waals surface area (Å²) in [4.78, 5) is 0. The van der Waals surface area contributed by atoms with Crippen LogP contribution in [0.25, 0.3) is 0 Å². The molecule has 0 aromatic heterocycles. The Labute approximate surface area is 79.0 Å². The van der Waals surface area contributed by atoms with Crippen molar-refractivity contribution in [3.8, 4) is 5.75 Å². The van der Waals surface area contributed by atoms with Crippen molar-refractivity contribution in [3.63, 3.8) is 0 Å². The number of phenols is 1. The van der Waals surface area contributed by atoms with E-state index in [0.29, 0.717) is 5.75 Å². The Balaban J connectivity index is 0.00000121. The lowest BCUT2D eigenvalue weighted by atomic mass is 10.1. The van der Waals surface area contributed by atoms with Gasteiger partial charge in [-0.05, 0) is 20.0 Å². The molecule has 0 radical (unpaired) electrons. The minimum atomic E-state index is 0. The molecular formula is C9H13ClNO-. The van der Waals surface area contributed by atoms with Crippen LogP contribution in [0.1, 0.15) is 18.5 Å². The second-order valence-corrected chi connectivity index (χ2v) is 2.57. The molecule has 3 heteroatoms. The fraction of sp³-hybridized carbons (Fsp3) is 0.333. The summed E-state index contributed by atoms with van der Waals surface area (Å²) < 4.78 is 0. The Kier molecular flexibility index (Phi) is 4.71. The highest BCUT2D eigenvalue weighted by atomic mass is 35.5. The summed E-state index contributed by atoms with van der Waals surface area (Å²) in [6.07, 6.45) is 0. The van der Waals surface area contributed by atoms with E-state index in [-0.39, 0.29) is 18.4 Å². The highest BCUT2D eigenvalue weighted by Gasteiger charge is 2.05. The first-order valence-electron chi connectivity index (χ1n) is 3.71. The van der Waals surface area contributed by atoms with E-state index in [0.717, 1.165) is 5.56 Å². The van der Waals surface area contributed by atoms with Gasteiger partial charge in [-0.25, -0.2) is 0 Å². The molecule has 1 aromatic rings. The topological polar surface area (TPSA) is 32.3 Å². The maximum atomic E-state index is 9.37. The van der Waals surface area contributed by atoms with Crippen molar-refractivity contribution >= 4 is 0 Å². The summed E-state index contributed by atoms with van der Waals surface area (Å²) in [5.41, 5.74) is 0.940. The molecule has 0 aliphatic heterocycles. The number of aromatic hydroxyl groups is 1. The summed E-state index contributed by atoms with van der Waals surface area (Å²) in [6.45, 7) is 2.01. The Hall–Kier alpha value is -0.730. The van der Waals surface area contributed by atoms with E-state index in [4.69, 9.17) is 0 Å². The number of halogens is 1. The van der Waals surface area contributed by atoms with E-state index in [1.807, 2.05) is 32.2 Å². The van der Waals surface area contributed by atoms with Gasteiger partial charge in [0.15, 0.2) is 0 Å². The molecule has 2 N–H and O–H groups in total. The molecular weight excluding hydrogens is 174 g/mol. The average Bonchev–Trinajstić information content (AvgIpc) is 2.04. The second-order valence-electron chi connectivity index (χ2n) is 2.57. The summed E-state index contributed by atoms with van der Waals surface area (Å²) in [7, 11) is 1.87. The lowest BCUT2D eigenvalue weighted by Crippen LogP contribution is -3.00. The van der Waals surface area contributed by atoms with Crippen molar-refractivity contribution in [3.05, 3.63) is 29.8 Å². The SMILES string of the molecule is CNC(C)c1ccccc1O.[Cl-]. The fourth-order valence-electron chi connectivity index (χ4n) is 1.01. The Morgan fingerprint density at radius 3 is 2.42 bits per heavy atom. The Morgan fingerprint density at radius 1 is 1.33 bits per heavy atom. The monoisotopic (exact) mass is 186 g/mol. The predicted molar refractivity (Wildman–Crippen MR) is 45.6 cm³/mol. The van der Waals surface area contributed by atoms with Crippen LogP contribution in [0.5, 0.6) is 5.75 Å². The van der Waals surface area contributed by atoms with Crippen molar-refractivity contribution in [2.75, 3.05) is 7.05 Å². The van der Waals surface area contributed by atoms with Gasteiger partial charge in [0.1, 0.15) is 5.75 Å². The van der Waals surface area contributed by atoms with E-state index < -0.39 is 0 Å². The number of para-hydroxylation sites is 1. The normalized spacial score (nSPS) is 11.8. The number of nitrogens with one attached hydrogen (secondary N) is 1. The van der Waals surface area contributed by atoms with E-state index in [1.165, 1.54) is 0 Å². The molecule has 12 heavy (non-hydrogen) atoms. The summed E-state index contributed by atoms with van der Waals surface area (Å²) >= 11 is 0. The zero-order valence-electron chi connectivity index (χ0n) is 7.21. The van der Waals surface area contributed by atoms with Gasteiger partial charge in [0.2, 0.25) is 0 Å². The third kappa shape index (κ3) is 2.40. The van der Waals surface area contributed by atoms with Gasteiger partial charge in [-0.3, -0.25) is 0 Å². The smallest absolute Gasteiger partial charge is 0.120 e. The number of hydrogen-bond acceptors (Lipinski definition) is 2. The number of rotatable bonds is 2. The molecule has 68 valence electrons. The molecule has 0 aliphatic rings. The molecule has 0 aliphatic carbocycles. The van der Waals surface area contributed by atoms with Gasteiger partial charge in [-0.2, -0.15) is 0 Å². The fourth-order valence-corrected chi connectivity index (χ4v) is 1.01. The molecule has 1 atom stereocenters. The first-order chi connectivity index (χ1) is 5.25. The predicted octanol–water partition coefficient (Wildman–Crippen LogP) is -1.32. The average molecular weight is 187 g/mol. The summed E-state index contributed by atoms with van der Waals surface area (Å²) in [5, 5.41) is 12.4. The Bertz CT molecular complexity index is 240. The lowest BCUT2D eigenvalue weighted by Gasteiger charge is -2.11. The molecule has 0 heterocycles. The van der Waals surface area contributed by atoms with Crippen molar-refractivity contribution in [2.45, 2.75) is 13.0 Å². The maximum absolute atomic E-state index is 9.37. The number of benzene rings is 1. The first kappa shape index (κ1) is 11.3. The highest BCUT2D eigenvalue weighted by molar-refractivity contribution is 5.33. The van der Waals surface area contributed by atoms with Gasteiger partial charge in [0, 0.05) is 11.6 Å². The molecule has 0 saturated heterocycles. The van der Waals surface area contributed by atoms with Crippen molar-refractivity contribution < 1.29 is 17.5 Å². The standard InChI is InChI=1S/C9H13NO.ClH/c1-7(10-2)8-5-3-4-6-9(8)11;/h3-7,10-11H,1-2H3;1H/p-1. The van der Waals surface area contributed by atoms with Crippen LogP contribution in [0, 0.1) is 0 Å². The van der Waals surface area contributed by atoms with Crippen LogP contribution in [0.4, 0.5) is 0 Å². The van der Waals surface area contributed by atoms with Gasteiger partial charge in [-0.1, -0.05) is 18.2 Å². The molecule has 0 amide bonds. The highest BCUT2D eigenvalue weighted by Crippen LogP contribution is 2.22. The van der Waals surface area contributed by atoms with Gasteiger partial charge in [0.25, 0.3) is 0 Å². The number of phenolic OH excluding ortho intramolecular Hbond substituents is 1.